The zero-order valence-electron chi connectivity index (χ0n) is 10.8. The number of nitro benzene ring substituents is 1. The van der Waals surface area contributed by atoms with Crippen molar-refractivity contribution < 1.29 is 14.8 Å². The molecule has 0 aliphatic carbocycles. The number of non-ortho nitro benzene ring substituents is 1. The third-order valence-electron chi connectivity index (χ3n) is 2.69. The van der Waals surface area contributed by atoms with Crippen LogP contribution in [0, 0.1) is 10.1 Å². The van der Waals surface area contributed by atoms with E-state index in [0.29, 0.717) is 11.5 Å². The number of benzene rings is 2. The van der Waals surface area contributed by atoms with Gasteiger partial charge in [0.25, 0.3) is 5.69 Å². The van der Waals surface area contributed by atoms with E-state index in [1.807, 2.05) is 6.07 Å². The number of phenolic OH excluding ortho intramolecular Hbond substituents is 1. The van der Waals surface area contributed by atoms with E-state index in [1.165, 1.54) is 31.0 Å². The van der Waals surface area contributed by atoms with Crippen LogP contribution in [0.15, 0.2) is 47.4 Å². The maximum absolute atomic E-state index is 10.8. The van der Waals surface area contributed by atoms with Gasteiger partial charge in [0.1, 0.15) is 11.5 Å². The lowest BCUT2D eigenvalue weighted by Gasteiger charge is -2.08. The molecule has 0 heterocycles. The van der Waals surface area contributed by atoms with Gasteiger partial charge in [-0.2, -0.15) is 0 Å². The van der Waals surface area contributed by atoms with Crippen molar-refractivity contribution in [3.63, 3.8) is 0 Å². The number of nitrogens with zero attached hydrogens (tertiary/aromatic N) is 1. The highest BCUT2D eigenvalue weighted by molar-refractivity contribution is 7.98. The first kappa shape index (κ1) is 14.2. The summed E-state index contributed by atoms with van der Waals surface area (Å²) in [5.74, 6) is 1.33. The van der Waals surface area contributed by atoms with Gasteiger partial charge in [-0.1, -0.05) is 6.07 Å². The van der Waals surface area contributed by atoms with Gasteiger partial charge < -0.3 is 9.84 Å². The molecule has 2 rings (SSSR count). The highest BCUT2D eigenvalue weighted by Crippen LogP contribution is 2.31. The van der Waals surface area contributed by atoms with E-state index in [2.05, 4.69) is 0 Å². The Labute approximate surface area is 120 Å². The second-order valence-electron chi connectivity index (χ2n) is 4.04. The number of hydrogen-bond donors (Lipinski definition) is 1. The van der Waals surface area contributed by atoms with E-state index in [0.717, 1.165) is 10.5 Å². The highest BCUT2D eigenvalue weighted by Gasteiger charge is 2.11. The number of nitro groups is 1. The molecule has 0 saturated heterocycles. The summed E-state index contributed by atoms with van der Waals surface area (Å²) in [5.41, 5.74) is 0.785. The molecule has 20 heavy (non-hydrogen) atoms. The molecular weight excluding hydrogens is 278 g/mol. The Bertz CT molecular complexity index is 630. The van der Waals surface area contributed by atoms with Crippen molar-refractivity contribution in [2.24, 2.45) is 0 Å². The van der Waals surface area contributed by atoms with E-state index in [-0.39, 0.29) is 11.4 Å². The number of methoxy groups -OCH3 is 1. The summed E-state index contributed by atoms with van der Waals surface area (Å²) in [6.07, 6.45) is 0. The average Bonchev–Trinajstić information content (AvgIpc) is 2.44. The van der Waals surface area contributed by atoms with E-state index >= 15 is 0 Å². The van der Waals surface area contributed by atoms with Crippen molar-refractivity contribution in [1.82, 2.24) is 0 Å². The summed E-state index contributed by atoms with van der Waals surface area (Å²) < 4.78 is 5.21. The summed E-state index contributed by atoms with van der Waals surface area (Å²) in [6.45, 7) is 0. The molecule has 0 aliphatic rings. The van der Waals surface area contributed by atoms with Gasteiger partial charge in [-0.3, -0.25) is 10.1 Å². The van der Waals surface area contributed by atoms with Crippen LogP contribution in [-0.4, -0.2) is 17.1 Å². The minimum Gasteiger partial charge on any atom is -0.508 e. The largest absolute Gasteiger partial charge is 0.508 e. The molecule has 0 unspecified atom stereocenters. The van der Waals surface area contributed by atoms with E-state index in [4.69, 9.17) is 4.74 Å². The Hall–Kier alpha value is -2.21. The Morgan fingerprint density at radius 3 is 2.75 bits per heavy atom. The maximum Gasteiger partial charge on any atom is 0.270 e. The Morgan fingerprint density at radius 2 is 2.10 bits per heavy atom. The van der Waals surface area contributed by atoms with Gasteiger partial charge in [0.15, 0.2) is 0 Å². The molecule has 0 amide bonds. The highest BCUT2D eigenvalue weighted by atomic mass is 32.2. The molecule has 1 N–H and O–H groups in total. The zero-order valence-corrected chi connectivity index (χ0v) is 11.6. The molecule has 0 saturated carbocycles. The molecule has 6 heteroatoms. The fourth-order valence-corrected chi connectivity index (χ4v) is 2.65. The van der Waals surface area contributed by atoms with Crippen molar-refractivity contribution in [1.29, 1.82) is 0 Å². The van der Waals surface area contributed by atoms with Crippen molar-refractivity contribution in [2.45, 2.75) is 10.6 Å². The molecule has 0 fully saturated rings. The lowest BCUT2D eigenvalue weighted by molar-refractivity contribution is -0.384. The monoisotopic (exact) mass is 291 g/mol. The molecule has 0 aliphatic heterocycles. The molecule has 0 bridgehead atoms. The second kappa shape index (κ2) is 6.29. The number of rotatable bonds is 5. The summed E-state index contributed by atoms with van der Waals surface area (Å²) in [6, 6.07) is 11.4. The van der Waals surface area contributed by atoms with Gasteiger partial charge in [-0.05, 0) is 24.3 Å². The summed E-state index contributed by atoms with van der Waals surface area (Å²) >= 11 is 1.48. The van der Waals surface area contributed by atoms with E-state index < -0.39 is 4.92 Å². The van der Waals surface area contributed by atoms with Crippen molar-refractivity contribution in [3.05, 3.63) is 58.1 Å². The van der Waals surface area contributed by atoms with Crippen LogP contribution in [-0.2, 0) is 5.75 Å². The summed E-state index contributed by atoms with van der Waals surface area (Å²) in [7, 11) is 1.53. The van der Waals surface area contributed by atoms with Crippen molar-refractivity contribution in [3.8, 4) is 11.5 Å². The van der Waals surface area contributed by atoms with Crippen molar-refractivity contribution >= 4 is 17.4 Å². The number of hydrogen-bond acceptors (Lipinski definition) is 5. The van der Waals surface area contributed by atoms with Crippen LogP contribution < -0.4 is 4.74 Å². The van der Waals surface area contributed by atoms with E-state index in [1.54, 1.807) is 24.3 Å². The molecule has 2 aromatic rings. The second-order valence-corrected chi connectivity index (χ2v) is 5.09. The number of thioether (sulfide) groups is 1. The van der Waals surface area contributed by atoms with Crippen LogP contribution in [0.25, 0.3) is 0 Å². The molecule has 5 nitrogen and oxygen atoms in total. The van der Waals surface area contributed by atoms with Crippen LogP contribution in [0.4, 0.5) is 5.69 Å². The summed E-state index contributed by atoms with van der Waals surface area (Å²) in [5, 5.41) is 20.2. The van der Waals surface area contributed by atoms with Gasteiger partial charge in [0.05, 0.1) is 12.0 Å². The van der Waals surface area contributed by atoms with Gasteiger partial charge >= 0.3 is 0 Å². The van der Waals surface area contributed by atoms with Gasteiger partial charge in [-0.25, -0.2) is 0 Å². The summed E-state index contributed by atoms with van der Waals surface area (Å²) in [4.78, 5) is 11.3. The first-order chi connectivity index (χ1) is 9.60. The Kier molecular flexibility index (Phi) is 4.47. The molecule has 104 valence electrons. The van der Waals surface area contributed by atoms with Crippen LogP contribution in [0.1, 0.15) is 5.56 Å². The number of phenols is 1. The zero-order chi connectivity index (χ0) is 14.5. The number of aromatic hydroxyl groups is 1. The minimum atomic E-state index is -0.429. The molecule has 0 radical (unpaired) electrons. The van der Waals surface area contributed by atoms with Gasteiger partial charge in [-0.15, -0.1) is 11.8 Å². The van der Waals surface area contributed by atoms with E-state index in [9.17, 15) is 15.2 Å². The predicted molar refractivity (Wildman–Crippen MR) is 77.3 cm³/mol. The minimum absolute atomic E-state index is 0.0392. The average molecular weight is 291 g/mol. The molecular formula is C14H13NO4S. The van der Waals surface area contributed by atoms with Crippen molar-refractivity contribution in [2.75, 3.05) is 7.11 Å². The number of ether oxygens (including phenoxy) is 1. The van der Waals surface area contributed by atoms with Crippen LogP contribution in [0.3, 0.4) is 0 Å². The molecule has 0 atom stereocenters. The topological polar surface area (TPSA) is 72.6 Å². The van der Waals surface area contributed by atoms with Crippen LogP contribution >= 0.6 is 11.8 Å². The third-order valence-corrected chi connectivity index (χ3v) is 3.73. The standard InChI is InChI=1S/C14H13NO4S/c1-19-14-6-5-11(15(17)18)7-10(14)9-20-13-4-2-3-12(16)8-13/h2-8,16H,9H2,1H3. The molecule has 2 aromatic carbocycles. The molecule has 0 spiro atoms. The smallest absolute Gasteiger partial charge is 0.270 e. The third kappa shape index (κ3) is 3.42. The van der Waals surface area contributed by atoms with Crippen LogP contribution in [0.2, 0.25) is 0 Å². The quantitative estimate of drug-likeness (QED) is 0.517. The van der Waals surface area contributed by atoms with Gasteiger partial charge in [0, 0.05) is 28.3 Å². The first-order valence-electron chi connectivity index (χ1n) is 5.83. The predicted octanol–water partition coefficient (Wildman–Crippen LogP) is 3.60. The fraction of sp³-hybridized carbons (Fsp3) is 0.143. The Balaban J connectivity index is 2.19. The lowest BCUT2D eigenvalue weighted by atomic mass is 10.2. The first-order valence-corrected chi connectivity index (χ1v) is 6.82. The SMILES string of the molecule is COc1ccc([N+](=O)[O-])cc1CSc1cccc(O)c1. The molecule has 0 aromatic heterocycles. The van der Waals surface area contributed by atoms with Crippen LogP contribution in [0.5, 0.6) is 11.5 Å². The van der Waals surface area contributed by atoms with Gasteiger partial charge in [0.2, 0.25) is 0 Å². The Morgan fingerprint density at radius 1 is 1.30 bits per heavy atom. The maximum atomic E-state index is 10.8. The lowest BCUT2D eigenvalue weighted by Crippen LogP contribution is -1.94. The normalized spacial score (nSPS) is 10.2. The fourth-order valence-electron chi connectivity index (χ4n) is 1.73.